The van der Waals surface area contributed by atoms with Crippen LogP contribution in [-0.2, 0) is 0 Å². The van der Waals surface area contributed by atoms with Crippen molar-refractivity contribution in [3.05, 3.63) is 28.0 Å². The van der Waals surface area contributed by atoms with Crippen molar-refractivity contribution in [1.82, 2.24) is 0 Å². The summed E-state index contributed by atoms with van der Waals surface area (Å²) in [6.45, 7) is 0.794. The number of nitriles is 1. The molecular formula is C12H12BrFN2S. The Labute approximate surface area is 113 Å². The molecule has 1 heterocycles. The number of anilines is 1. The average molecular weight is 315 g/mol. The number of halogens is 2. The zero-order chi connectivity index (χ0) is 12.3. The predicted octanol–water partition coefficient (Wildman–Crippen LogP) is 3.62. The minimum atomic E-state index is -0.380. The zero-order valence-corrected chi connectivity index (χ0v) is 11.6. The third-order valence-corrected chi connectivity index (χ3v) is 4.81. The van der Waals surface area contributed by atoms with Crippen molar-refractivity contribution >= 4 is 33.4 Å². The molecule has 1 unspecified atom stereocenters. The van der Waals surface area contributed by atoms with Gasteiger partial charge in [-0.05, 0) is 51.9 Å². The fraction of sp³-hybridized carbons (Fsp3) is 0.417. The summed E-state index contributed by atoms with van der Waals surface area (Å²) in [7, 11) is 0. The van der Waals surface area contributed by atoms with Gasteiger partial charge in [0.1, 0.15) is 6.07 Å². The van der Waals surface area contributed by atoms with Gasteiger partial charge in [0.25, 0.3) is 0 Å². The first kappa shape index (κ1) is 12.7. The standard InChI is InChI=1S/C12H12BrFN2S/c13-11-9(5-15)1-2-10(12(11)14)16-6-8-3-4-17-7-8/h1-2,8,16H,3-4,6-7H2. The molecule has 1 N–H and O–H groups in total. The van der Waals surface area contributed by atoms with E-state index in [2.05, 4.69) is 21.2 Å². The molecule has 1 fully saturated rings. The van der Waals surface area contributed by atoms with Gasteiger partial charge < -0.3 is 5.32 Å². The Morgan fingerprint density at radius 2 is 2.41 bits per heavy atom. The highest BCUT2D eigenvalue weighted by atomic mass is 79.9. The van der Waals surface area contributed by atoms with Gasteiger partial charge in [-0.25, -0.2) is 4.39 Å². The Morgan fingerprint density at radius 3 is 3.06 bits per heavy atom. The highest BCUT2D eigenvalue weighted by Gasteiger charge is 2.16. The lowest BCUT2D eigenvalue weighted by atomic mass is 10.1. The molecule has 0 bridgehead atoms. The quantitative estimate of drug-likeness (QED) is 0.925. The largest absolute Gasteiger partial charge is 0.382 e. The third kappa shape index (κ3) is 2.93. The number of hydrogen-bond acceptors (Lipinski definition) is 3. The van der Waals surface area contributed by atoms with E-state index < -0.39 is 0 Å². The maximum atomic E-state index is 13.9. The van der Waals surface area contributed by atoms with E-state index in [0.717, 1.165) is 12.3 Å². The molecule has 0 spiro atoms. The zero-order valence-electron chi connectivity index (χ0n) is 9.17. The van der Waals surface area contributed by atoms with Crippen LogP contribution in [0.5, 0.6) is 0 Å². The van der Waals surface area contributed by atoms with Crippen LogP contribution in [0.2, 0.25) is 0 Å². The van der Waals surface area contributed by atoms with Crippen molar-refractivity contribution in [3.8, 4) is 6.07 Å². The van der Waals surface area contributed by atoms with Crippen LogP contribution >= 0.6 is 27.7 Å². The highest BCUT2D eigenvalue weighted by Crippen LogP contribution is 2.28. The normalized spacial score (nSPS) is 19.0. The fourth-order valence-electron chi connectivity index (χ4n) is 1.77. The van der Waals surface area contributed by atoms with E-state index in [4.69, 9.17) is 5.26 Å². The molecule has 1 aliphatic rings. The molecule has 0 saturated carbocycles. The monoisotopic (exact) mass is 314 g/mol. The van der Waals surface area contributed by atoms with Crippen molar-refractivity contribution in [2.45, 2.75) is 6.42 Å². The average Bonchev–Trinajstić information content (AvgIpc) is 2.84. The van der Waals surface area contributed by atoms with Gasteiger partial charge in [-0.3, -0.25) is 0 Å². The molecule has 2 rings (SSSR count). The maximum absolute atomic E-state index is 13.9. The van der Waals surface area contributed by atoms with Gasteiger partial charge in [0, 0.05) is 6.54 Å². The number of rotatable bonds is 3. The molecule has 1 aromatic rings. The smallest absolute Gasteiger partial charge is 0.161 e. The van der Waals surface area contributed by atoms with Crippen molar-refractivity contribution in [1.29, 1.82) is 5.26 Å². The minimum Gasteiger partial charge on any atom is -0.382 e. The summed E-state index contributed by atoms with van der Waals surface area (Å²) in [5.74, 6) is 2.58. The second kappa shape index (κ2) is 5.74. The number of nitrogens with one attached hydrogen (secondary N) is 1. The molecule has 90 valence electrons. The van der Waals surface area contributed by atoms with Crippen LogP contribution in [0.4, 0.5) is 10.1 Å². The minimum absolute atomic E-state index is 0.241. The van der Waals surface area contributed by atoms with Crippen LogP contribution in [0.25, 0.3) is 0 Å². The van der Waals surface area contributed by atoms with Crippen molar-refractivity contribution in [2.24, 2.45) is 5.92 Å². The lowest BCUT2D eigenvalue weighted by molar-refractivity contribution is 0.607. The Bertz CT molecular complexity index is 453. The van der Waals surface area contributed by atoms with Gasteiger partial charge in [0.15, 0.2) is 5.82 Å². The summed E-state index contributed by atoms with van der Waals surface area (Å²) in [5.41, 5.74) is 0.789. The van der Waals surface area contributed by atoms with Crippen LogP contribution in [0.1, 0.15) is 12.0 Å². The lowest BCUT2D eigenvalue weighted by Crippen LogP contribution is -2.14. The number of hydrogen-bond donors (Lipinski definition) is 1. The van der Waals surface area contributed by atoms with E-state index in [-0.39, 0.29) is 10.3 Å². The molecule has 17 heavy (non-hydrogen) atoms. The van der Waals surface area contributed by atoms with Crippen LogP contribution in [0.15, 0.2) is 16.6 Å². The fourth-order valence-corrected chi connectivity index (χ4v) is 3.49. The molecule has 0 amide bonds. The van der Waals surface area contributed by atoms with Gasteiger partial charge in [0.2, 0.25) is 0 Å². The van der Waals surface area contributed by atoms with Gasteiger partial charge in [-0.1, -0.05) is 0 Å². The molecule has 5 heteroatoms. The van der Waals surface area contributed by atoms with E-state index in [1.54, 1.807) is 12.1 Å². The summed E-state index contributed by atoms with van der Waals surface area (Å²) < 4.78 is 14.1. The molecule has 1 aromatic carbocycles. The van der Waals surface area contributed by atoms with E-state index in [0.29, 0.717) is 17.2 Å². The molecule has 1 atom stereocenters. The maximum Gasteiger partial charge on any atom is 0.161 e. The van der Waals surface area contributed by atoms with Gasteiger partial charge in [-0.15, -0.1) is 0 Å². The molecular weight excluding hydrogens is 303 g/mol. The third-order valence-electron chi connectivity index (χ3n) is 2.81. The van der Waals surface area contributed by atoms with Crippen molar-refractivity contribution < 1.29 is 4.39 Å². The Morgan fingerprint density at radius 1 is 1.59 bits per heavy atom. The Hall–Kier alpha value is -0.730. The van der Waals surface area contributed by atoms with E-state index >= 15 is 0 Å². The molecule has 1 aliphatic heterocycles. The highest BCUT2D eigenvalue weighted by molar-refractivity contribution is 9.10. The Balaban J connectivity index is 2.06. The second-order valence-electron chi connectivity index (χ2n) is 4.01. The molecule has 0 aromatic heterocycles. The second-order valence-corrected chi connectivity index (χ2v) is 5.95. The first-order valence-corrected chi connectivity index (χ1v) is 7.37. The summed E-state index contributed by atoms with van der Waals surface area (Å²) in [6, 6.07) is 5.19. The van der Waals surface area contributed by atoms with E-state index in [9.17, 15) is 4.39 Å². The SMILES string of the molecule is N#Cc1ccc(NCC2CCSC2)c(F)c1Br. The lowest BCUT2D eigenvalue weighted by Gasteiger charge is -2.12. The van der Waals surface area contributed by atoms with Crippen molar-refractivity contribution in [3.63, 3.8) is 0 Å². The number of benzene rings is 1. The topological polar surface area (TPSA) is 35.8 Å². The van der Waals surface area contributed by atoms with Crippen LogP contribution in [0.3, 0.4) is 0 Å². The summed E-state index contributed by atoms with van der Waals surface area (Å²) in [6.07, 6.45) is 1.19. The molecule has 2 nitrogen and oxygen atoms in total. The Kier molecular flexibility index (Phi) is 4.30. The summed E-state index contributed by atoms with van der Waals surface area (Å²) in [5, 5.41) is 11.9. The molecule has 1 saturated heterocycles. The molecule has 0 aliphatic carbocycles. The van der Waals surface area contributed by atoms with E-state index in [1.807, 2.05) is 17.8 Å². The van der Waals surface area contributed by atoms with Gasteiger partial charge in [0.05, 0.1) is 15.7 Å². The van der Waals surface area contributed by atoms with Crippen LogP contribution in [-0.4, -0.2) is 18.1 Å². The van der Waals surface area contributed by atoms with E-state index in [1.165, 1.54) is 12.2 Å². The van der Waals surface area contributed by atoms with Crippen LogP contribution < -0.4 is 5.32 Å². The number of nitrogens with zero attached hydrogens (tertiary/aromatic N) is 1. The molecule has 0 radical (unpaired) electrons. The first-order valence-electron chi connectivity index (χ1n) is 5.42. The summed E-state index contributed by atoms with van der Waals surface area (Å²) in [4.78, 5) is 0. The summed E-state index contributed by atoms with van der Waals surface area (Å²) >= 11 is 5.05. The first-order chi connectivity index (χ1) is 8.22. The van der Waals surface area contributed by atoms with Gasteiger partial charge >= 0.3 is 0 Å². The number of thioether (sulfide) groups is 1. The predicted molar refractivity (Wildman–Crippen MR) is 72.7 cm³/mol. The van der Waals surface area contributed by atoms with Crippen LogP contribution in [0, 0.1) is 23.1 Å². The van der Waals surface area contributed by atoms with Crippen molar-refractivity contribution in [2.75, 3.05) is 23.4 Å². The van der Waals surface area contributed by atoms with Gasteiger partial charge in [-0.2, -0.15) is 17.0 Å².